The number of halogens is 1. The molecule has 1 aliphatic heterocycles. The number of aromatic hydroxyl groups is 1. The van der Waals surface area contributed by atoms with Gasteiger partial charge in [-0.15, -0.1) is 0 Å². The predicted molar refractivity (Wildman–Crippen MR) is 124 cm³/mol. The van der Waals surface area contributed by atoms with Crippen molar-refractivity contribution >= 4 is 34.2 Å². The summed E-state index contributed by atoms with van der Waals surface area (Å²) in [5, 5.41) is 14.6. The van der Waals surface area contributed by atoms with Gasteiger partial charge in [0.15, 0.2) is 0 Å². The fourth-order valence-electron chi connectivity index (χ4n) is 4.37. The number of benzene rings is 2. The first kappa shape index (κ1) is 22.5. The predicted octanol–water partition coefficient (Wildman–Crippen LogP) is 4.97. The number of nitrogens with zero attached hydrogens (tertiary/aromatic N) is 1. The minimum Gasteiger partial charge on any atom is -0.508 e. The summed E-state index contributed by atoms with van der Waals surface area (Å²) in [5.41, 5.74) is 2.15. The van der Waals surface area contributed by atoms with E-state index in [-0.39, 0.29) is 23.9 Å². The normalized spacial score (nSPS) is 19.3. The summed E-state index contributed by atoms with van der Waals surface area (Å²) in [7, 11) is 1.53. The molecule has 2 N–H and O–H groups in total. The Morgan fingerprint density at radius 1 is 1.25 bits per heavy atom. The Morgan fingerprint density at radius 2 is 1.97 bits per heavy atom. The largest absolute Gasteiger partial charge is 0.508 e. The number of phenolic OH excluding ortho intramolecular Hbond substituents is 1. The monoisotopic (exact) mass is 458 g/mol. The highest BCUT2D eigenvalue weighted by Crippen LogP contribution is 2.36. The number of carbonyl (C=O) groups excluding carboxylic acids is 1. The van der Waals surface area contributed by atoms with E-state index >= 15 is 0 Å². The third-order valence-electron chi connectivity index (χ3n) is 5.63. The fourth-order valence-corrected chi connectivity index (χ4v) is 4.63. The highest BCUT2D eigenvalue weighted by molar-refractivity contribution is 6.32. The Kier molecular flexibility index (Phi) is 6.33. The Labute approximate surface area is 191 Å². The number of furan rings is 1. The number of phenols is 1. The number of fused-ring (bicyclic) bond motifs is 1. The number of methoxy groups -OCH3 is 1. The maximum absolute atomic E-state index is 13.3. The molecule has 0 saturated carbocycles. The second-order valence-electron chi connectivity index (χ2n) is 8.22. The van der Waals surface area contributed by atoms with Crippen LogP contribution in [0.5, 0.6) is 11.5 Å². The molecule has 1 aromatic heterocycles. The number of hydrogen-bond acceptors (Lipinski definition) is 6. The van der Waals surface area contributed by atoms with Gasteiger partial charge >= 0.3 is 0 Å². The van der Waals surface area contributed by atoms with E-state index in [1.165, 1.54) is 7.11 Å². The first-order valence-corrected chi connectivity index (χ1v) is 10.9. The number of carbonyl (C=O) groups is 1. The number of hydrogen-bond donors (Lipinski definition) is 2. The molecule has 8 heteroatoms. The van der Waals surface area contributed by atoms with Gasteiger partial charge in [0.1, 0.15) is 22.8 Å². The van der Waals surface area contributed by atoms with Crippen molar-refractivity contribution in [2.75, 3.05) is 25.5 Å². The molecule has 2 unspecified atom stereocenters. The molecule has 1 saturated heterocycles. The second kappa shape index (κ2) is 9.02. The zero-order valence-corrected chi connectivity index (χ0v) is 19.3. The summed E-state index contributed by atoms with van der Waals surface area (Å²) in [6.45, 7) is 7.77. The molecule has 1 aliphatic rings. The van der Waals surface area contributed by atoms with Crippen LogP contribution < -0.4 is 10.1 Å². The van der Waals surface area contributed by atoms with Crippen molar-refractivity contribution in [2.45, 2.75) is 39.5 Å². The topological polar surface area (TPSA) is 84.2 Å². The minimum absolute atomic E-state index is 0.0915. The van der Waals surface area contributed by atoms with E-state index in [1.807, 2.05) is 13.8 Å². The van der Waals surface area contributed by atoms with Crippen molar-refractivity contribution in [3.05, 3.63) is 52.2 Å². The van der Waals surface area contributed by atoms with Gasteiger partial charge in [0.25, 0.3) is 5.91 Å². The molecule has 7 nitrogen and oxygen atoms in total. The lowest BCUT2D eigenvalue weighted by molar-refractivity contribution is -0.0705. The molecule has 0 radical (unpaired) electrons. The summed E-state index contributed by atoms with van der Waals surface area (Å²) in [6.07, 6.45) is 0.183. The van der Waals surface area contributed by atoms with Crippen molar-refractivity contribution < 1.29 is 23.8 Å². The number of morpholine rings is 1. The Morgan fingerprint density at radius 3 is 2.62 bits per heavy atom. The Hall–Kier alpha value is -2.74. The van der Waals surface area contributed by atoms with Crippen LogP contribution in [-0.4, -0.2) is 48.3 Å². The van der Waals surface area contributed by atoms with E-state index in [0.717, 1.165) is 13.1 Å². The van der Waals surface area contributed by atoms with Crippen molar-refractivity contribution in [3.8, 4) is 11.5 Å². The third kappa shape index (κ3) is 4.41. The molecule has 4 rings (SSSR count). The molecule has 3 aromatic rings. The van der Waals surface area contributed by atoms with Crippen LogP contribution in [0.25, 0.3) is 11.0 Å². The van der Waals surface area contributed by atoms with Gasteiger partial charge in [-0.2, -0.15) is 0 Å². The molecule has 32 heavy (non-hydrogen) atoms. The third-order valence-corrected chi connectivity index (χ3v) is 5.92. The summed E-state index contributed by atoms with van der Waals surface area (Å²) in [5.74, 6) is 0.799. The molecule has 1 amide bonds. The number of amides is 1. The fraction of sp³-hybridized carbons (Fsp3) is 0.375. The molecule has 0 aliphatic carbocycles. The maximum Gasteiger partial charge on any atom is 0.259 e. The van der Waals surface area contributed by atoms with Gasteiger partial charge < -0.3 is 24.3 Å². The van der Waals surface area contributed by atoms with Crippen LogP contribution in [0.2, 0.25) is 5.02 Å². The van der Waals surface area contributed by atoms with E-state index in [9.17, 15) is 9.90 Å². The summed E-state index contributed by atoms with van der Waals surface area (Å²) in [6, 6.07) is 8.34. The number of ether oxygens (including phenoxy) is 2. The number of rotatable bonds is 5. The van der Waals surface area contributed by atoms with E-state index in [4.69, 9.17) is 25.5 Å². The van der Waals surface area contributed by atoms with E-state index < -0.39 is 0 Å². The SMILES string of the molecule is COc1ccc(NC(=O)c2c(C)oc3ccc(O)c(CN4CC(C)OC(C)C4)c23)cc1Cl. The van der Waals surface area contributed by atoms with Crippen LogP contribution in [0.3, 0.4) is 0 Å². The van der Waals surface area contributed by atoms with E-state index in [2.05, 4.69) is 10.2 Å². The van der Waals surface area contributed by atoms with Crippen LogP contribution in [0.4, 0.5) is 5.69 Å². The standard InChI is InChI=1S/C24H27ClN2O5/c1-13-10-27(11-14(2)31-13)12-17-19(28)6-8-21-23(17)22(15(3)32-21)24(29)26-16-5-7-20(30-4)18(25)9-16/h5-9,13-14,28H,10-12H2,1-4H3,(H,26,29). The number of nitrogens with one attached hydrogen (secondary N) is 1. The Bertz CT molecular complexity index is 1150. The van der Waals surface area contributed by atoms with Crippen molar-refractivity contribution in [1.29, 1.82) is 0 Å². The van der Waals surface area contributed by atoms with Crippen LogP contribution in [0, 0.1) is 6.92 Å². The Balaban J connectivity index is 1.70. The lowest BCUT2D eigenvalue weighted by atomic mass is 10.0. The van der Waals surface area contributed by atoms with Gasteiger partial charge in [-0.3, -0.25) is 9.69 Å². The van der Waals surface area contributed by atoms with Crippen LogP contribution >= 0.6 is 11.6 Å². The van der Waals surface area contributed by atoms with E-state index in [1.54, 1.807) is 37.3 Å². The van der Waals surface area contributed by atoms with Gasteiger partial charge in [-0.1, -0.05) is 11.6 Å². The minimum atomic E-state index is -0.335. The molecule has 2 aromatic carbocycles. The molecule has 0 bridgehead atoms. The summed E-state index contributed by atoms with van der Waals surface area (Å²) >= 11 is 6.20. The van der Waals surface area contributed by atoms with Crippen molar-refractivity contribution in [3.63, 3.8) is 0 Å². The second-order valence-corrected chi connectivity index (χ2v) is 8.63. The number of anilines is 1. The quantitative estimate of drug-likeness (QED) is 0.561. The molecular weight excluding hydrogens is 432 g/mol. The zero-order chi connectivity index (χ0) is 23.0. The highest BCUT2D eigenvalue weighted by Gasteiger charge is 2.27. The maximum atomic E-state index is 13.3. The summed E-state index contributed by atoms with van der Waals surface area (Å²) < 4.78 is 16.9. The first-order chi connectivity index (χ1) is 15.3. The molecular formula is C24H27ClN2O5. The van der Waals surface area contributed by atoms with Crippen LogP contribution in [0.1, 0.15) is 35.5 Å². The molecule has 1 fully saturated rings. The number of aryl methyl sites for hydroxylation is 1. The summed E-state index contributed by atoms with van der Waals surface area (Å²) in [4.78, 5) is 15.5. The van der Waals surface area contributed by atoms with Gasteiger partial charge in [0.2, 0.25) is 0 Å². The van der Waals surface area contributed by atoms with Gasteiger partial charge in [0.05, 0.1) is 29.9 Å². The van der Waals surface area contributed by atoms with E-state index in [0.29, 0.717) is 50.9 Å². The molecule has 170 valence electrons. The van der Waals surface area contributed by atoms with Crippen molar-refractivity contribution in [1.82, 2.24) is 4.90 Å². The van der Waals surface area contributed by atoms with Gasteiger partial charge in [0, 0.05) is 36.3 Å². The average molecular weight is 459 g/mol. The highest BCUT2D eigenvalue weighted by atomic mass is 35.5. The molecule has 0 spiro atoms. The lowest BCUT2D eigenvalue weighted by Crippen LogP contribution is -2.44. The van der Waals surface area contributed by atoms with Crippen LogP contribution in [-0.2, 0) is 11.3 Å². The lowest BCUT2D eigenvalue weighted by Gasteiger charge is -2.35. The van der Waals surface area contributed by atoms with Gasteiger partial charge in [-0.05, 0) is 51.1 Å². The smallest absolute Gasteiger partial charge is 0.259 e. The average Bonchev–Trinajstić information content (AvgIpc) is 3.06. The molecule has 2 atom stereocenters. The van der Waals surface area contributed by atoms with Crippen molar-refractivity contribution in [2.24, 2.45) is 0 Å². The first-order valence-electron chi connectivity index (χ1n) is 10.5. The van der Waals surface area contributed by atoms with Crippen LogP contribution in [0.15, 0.2) is 34.7 Å². The van der Waals surface area contributed by atoms with Gasteiger partial charge in [-0.25, -0.2) is 0 Å². The zero-order valence-electron chi connectivity index (χ0n) is 18.6. The molecule has 2 heterocycles.